The van der Waals surface area contributed by atoms with Crippen molar-refractivity contribution in [1.82, 2.24) is 0 Å². The van der Waals surface area contributed by atoms with Crippen LogP contribution in [0, 0.1) is 0 Å². The molecule has 0 spiro atoms. The Morgan fingerprint density at radius 3 is 2.50 bits per heavy atom. The highest BCUT2D eigenvalue weighted by molar-refractivity contribution is 6.14. The van der Waals surface area contributed by atoms with E-state index >= 15 is 0 Å². The summed E-state index contributed by atoms with van der Waals surface area (Å²) < 4.78 is 11.2. The van der Waals surface area contributed by atoms with Crippen LogP contribution in [0.4, 0.5) is 5.69 Å². The van der Waals surface area contributed by atoms with Crippen LogP contribution < -0.4 is 4.90 Å². The molecule has 0 radical (unpaired) electrons. The molecule has 0 amide bonds. The topological polar surface area (TPSA) is 62.9 Å². The number of esters is 1. The quantitative estimate of drug-likeness (QED) is 0.733. The van der Waals surface area contributed by atoms with E-state index in [2.05, 4.69) is 0 Å². The first-order valence-corrected chi connectivity index (χ1v) is 7.73. The summed E-state index contributed by atoms with van der Waals surface area (Å²) in [5.74, 6) is 0.0556. The van der Waals surface area contributed by atoms with Gasteiger partial charge in [0.25, 0.3) is 0 Å². The van der Waals surface area contributed by atoms with Gasteiger partial charge in [0.1, 0.15) is 22.7 Å². The highest BCUT2D eigenvalue weighted by Crippen LogP contribution is 2.42. The zero-order valence-corrected chi connectivity index (χ0v) is 13.9. The molecule has 0 aliphatic rings. The van der Waals surface area contributed by atoms with Crippen molar-refractivity contribution in [2.75, 3.05) is 25.6 Å². The van der Waals surface area contributed by atoms with E-state index in [4.69, 9.17) is 9.15 Å². The summed E-state index contributed by atoms with van der Waals surface area (Å²) in [4.78, 5) is 14.4. The van der Waals surface area contributed by atoms with Crippen molar-refractivity contribution in [2.24, 2.45) is 0 Å². The number of phenolic OH excluding ortho intramolecular Hbond substituents is 1. The average Bonchev–Trinajstić information content (AvgIpc) is 2.94. The van der Waals surface area contributed by atoms with E-state index in [1.54, 1.807) is 38.1 Å². The van der Waals surface area contributed by atoms with Crippen molar-refractivity contribution in [2.45, 2.75) is 6.92 Å². The molecule has 1 aromatic heterocycles. The molecule has 124 valence electrons. The molecule has 3 aromatic rings. The van der Waals surface area contributed by atoms with E-state index in [0.29, 0.717) is 28.0 Å². The Labute approximate surface area is 140 Å². The number of rotatable bonds is 4. The van der Waals surface area contributed by atoms with Crippen molar-refractivity contribution in [3.8, 4) is 17.1 Å². The van der Waals surface area contributed by atoms with E-state index < -0.39 is 5.97 Å². The third-order valence-electron chi connectivity index (χ3n) is 3.77. The Kier molecular flexibility index (Phi) is 4.16. The van der Waals surface area contributed by atoms with Gasteiger partial charge in [-0.2, -0.15) is 0 Å². The van der Waals surface area contributed by atoms with Gasteiger partial charge in [-0.3, -0.25) is 0 Å². The summed E-state index contributed by atoms with van der Waals surface area (Å²) in [7, 11) is 3.61. The minimum Gasteiger partial charge on any atom is -0.506 e. The molecule has 0 saturated heterocycles. The van der Waals surface area contributed by atoms with Crippen LogP contribution in [0.1, 0.15) is 17.3 Å². The van der Waals surface area contributed by atoms with Gasteiger partial charge in [-0.15, -0.1) is 0 Å². The second kappa shape index (κ2) is 6.28. The van der Waals surface area contributed by atoms with Crippen molar-refractivity contribution in [1.29, 1.82) is 0 Å². The predicted octanol–water partition coefficient (Wildman–Crippen LogP) is 4.05. The maximum Gasteiger partial charge on any atom is 0.342 e. The highest BCUT2D eigenvalue weighted by atomic mass is 16.5. The SMILES string of the molecule is CCOC(=O)c1c(-c2ccccc2)oc2ccc(O)c(N(C)C)c12. The molecule has 0 aliphatic carbocycles. The summed E-state index contributed by atoms with van der Waals surface area (Å²) in [6, 6.07) is 12.6. The monoisotopic (exact) mass is 325 g/mol. The van der Waals surface area contributed by atoms with Crippen LogP contribution in [0.3, 0.4) is 0 Å². The number of nitrogens with zero attached hydrogens (tertiary/aromatic N) is 1. The zero-order chi connectivity index (χ0) is 17.3. The van der Waals surface area contributed by atoms with Gasteiger partial charge >= 0.3 is 5.97 Å². The number of carbonyl (C=O) groups excluding carboxylic acids is 1. The predicted molar refractivity (Wildman–Crippen MR) is 93.6 cm³/mol. The first-order chi connectivity index (χ1) is 11.5. The molecule has 3 rings (SSSR count). The number of hydrogen-bond donors (Lipinski definition) is 1. The number of phenols is 1. The van der Waals surface area contributed by atoms with Crippen LogP contribution in [0.25, 0.3) is 22.3 Å². The number of benzene rings is 2. The molecule has 5 nitrogen and oxygen atoms in total. The minimum absolute atomic E-state index is 0.0819. The maximum atomic E-state index is 12.6. The molecule has 0 atom stereocenters. The van der Waals surface area contributed by atoms with Crippen molar-refractivity contribution < 1.29 is 19.1 Å². The first kappa shape index (κ1) is 15.9. The number of aromatic hydroxyl groups is 1. The fraction of sp³-hybridized carbons (Fsp3) is 0.211. The fourth-order valence-electron chi connectivity index (χ4n) is 2.81. The molecule has 1 heterocycles. The lowest BCUT2D eigenvalue weighted by Crippen LogP contribution is -2.11. The first-order valence-electron chi connectivity index (χ1n) is 7.73. The number of carbonyl (C=O) groups is 1. The van der Waals surface area contributed by atoms with Crippen LogP contribution in [-0.4, -0.2) is 31.8 Å². The summed E-state index contributed by atoms with van der Waals surface area (Å²) >= 11 is 0. The van der Waals surface area contributed by atoms with Crippen molar-refractivity contribution in [3.63, 3.8) is 0 Å². The van der Waals surface area contributed by atoms with Gasteiger partial charge in [0.2, 0.25) is 0 Å². The lowest BCUT2D eigenvalue weighted by Gasteiger charge is -2.16. The Bertz CT molecular complexity index is 881. The Morgan fingerprint density at radius 2 is 1.88 bits per heavy atom. The van der Waals surface area contributed by atoms with Gasteiger partial charge in [0.05, 0.1) is 17.7 Å². The molecular weight excluding hydrogens is 306 g/mol. The molecule has 0 saturated carbocycles. The van der Waals surface area contributed by atoms with E-state index in [1.165, 1.54) is 0 Å². The van der Waals surface area contributed by atoms with Gasteiger partial charge in [-0.25, -0.2) is 4.79 Å². The van der Waals surface area contributed by atoms with E-state index in [1.807, 2.05) is 30.3 Å². The standard InChI is InChI=1S/C19H19NO4/c1-4-23-19(22)16-15-14(11-10-13(21)17(15)20(2)3)24-18(16)12-8-6-5-7-9-12/h5-11,21H,4H2,1-3H3. The average molecular weight is 325 g/mol. The van der Waals surface area contributed by atoms with Crippen LogP contribution in [0.2, 0.25) is 0 Å². The second-order valence-electron chi connectivity index (χ2n) is 5.59. The lowest BCUT2D eigenvalue weighted by atomic mass is 10.0. The number of hydrogen-bond acceptors (Lipinski definition) is 5. The van der Waals surface area contributed by atoms with E-state index in [-0.39, 0.29) is 12.4 Å². The summed E-state index contributed by atoms with van der Waals surface area (Å²) in [6.45, 7) is 2.02. The summed E-state index contributed by atoms with van der Waals surface area (Å²) in [5, 5.41) is 10.8. The van der Waals surface area contributed by atoms with Crippen molar-refractivity contribution in [3.05, 3.63) is 48.0 Å². The van der Waals surface area contributed by atoms with Gasteiger partial charge in [0.15, 0.2) is 0 Å². The molecule has 0 unspecified atom stereocenters. The largest absolute Gasteiger partial charge is 0.506 e. The van der Waals surface area contributed by atoms with Crippen molar-refractivity contribution >= 4 is 22.6 Å². The Morgan fingerprint density at radius 1 is 1.17 bits per heavy atom. The minimum atomic E-state index is -0.469. The number of fused-ring (bicyclic) bond motifs is 1. The third kappa shape index (κ3) is 2.58. The molecule has 0 aliphatic heterocycles. The fourth-order valence-corrected chi connectivity index (χ4v) is 2.81. The van der Waals surface area contributed by atoms with Gasteiger partial charge in [-0.05, 0) is 19.1 Å². The number of furan rings is 1. The maximum absolute atomic E-state index is 12.6. The number of anilines is 1. The van der Waals surface area contributed by atoms with Gasteiger partial charge in [0, 0.05) is 19.7 Å². The summed E-state index contributed by atoms with van der Waals surface area (Å²) in [6.07, 6.45) is 0. The van der Waals surface area contributed by atoms with Crippen LogP contribution in [0.15, 0.2) is 46.9 Å². The molecule has 0 fully saturated rings. The van der Waals surface area contributed by atoms with Gasteiger partial charge < -0.3 is 19.2 Å². The van der Waals surface area contributed by atoms with Crippen LogP contribution >= 0.6 is 0 Å². The van der Waals surface area contributed by atoms with Crippen LogP contribution in [0.5, 0.6) is 5.75 Å². The molecule has 0 bridgehead atoms. The molecule has 5 heteroatoms. The number of ether oxygens (including phenoxy) is 1. The summed E-state index contributed by atoms with van der Waals surface area (Å²) in [5.41, 5.74) is 2.17. The highest BCUT2D eigenvalue weighted by Gasteiger charge is 2.27. The van der Waals surface area contributed by atoms with Gasteiger partial charge in [-0.1, -0.05) is 30.3 Å². The van der Waals surface area contributed by atoms with E-state index in [9.17, 15) is 9.90 Å². The van der Waals surface area contributed by atoms with Crippen LogP contribution in [-0.2, 0) is 4.74 Å². The molecule has 1 N–H and O–H groups in total. The molecule has 2 aromatic carbocycles. The second-order valence-corrected chi connectivity index (χ2v) is 5.59. The molecular formula is C19H19NO4. The zero-order valence-electron chi connectivity index (χ0n) is 13.9. The smallest absolute Gasteiger partial charge is 0.342 e. The lowest BCUT2D eigenvalue weighted by molar-refractivity contribution is 0.0529. The third-order valence-corrected chi connectivity index (χ3v) is 3.77. The Balaban J connectivity index is 2.39. The Hall–Kier alpha value is -2.95. The normalized spacial score (nSPS) is 10.8. The van der Waals surface area contributed by atoms with E-state index in [0.717, 1.165) is 5.56 Å². The molecule has 24 heavy (non-hydrogen) atoms.